The first-order valence-corrected chi connectivity index (χ1v) is 13.1. The Labute approximate surface area is 184 Å². The first-order chi connectivity index (χ1) is 14.8. The first-order valence-electron chi connectivity index (χ1n) is 10.6. The summed E-state index contributed by atoms with van der Waals surface area (Å²) < 4.78 is 17.5. The Kier molecular flexibility index (Phi) is 5.62. The number of ether oxygens (including phenoxy) is 3. The second-order valence-electron chi connectivity index (χ2n) is 8.59. The summed E-state index contributed by atoms with van der Waals surface area (Å²) in [6.07, 6.45) is 0.586. The van der Waals surface area contributed by atoms with E-state index in [0.717, 1.165) is 0 Å². The molecule has 0 aromatic heterocycles. The molecule has 31 heavy (non-hydrogen) atoms. The largest absolute Gasteiger partial charge is 0.465 e. The molecule has 5 nitrogen and oxygen atoms in total. The van der Waals surface area contributed by atoms with Crippen molar-refractivity contribution in [3.05, 3.63) is 72.0 Å². The van der Waals surface area contributed by atoms with Gasteiger partial charge >= 0.3 is 11.9 Å². The van der Waals surface area contributed by atoms with E-state index in [4.69, 9.17) is 14.2 Å². The van der Waals surface area contributed by atoms with Gasteiger partial charge in [-0.1, -0.05) is 84.5 Å². The summed E-state index contributed by atoms with van der Waals surface area (Å²) >= 11 is 0. The standard InChI is InChI=1S/C25H28O5Si/c1-17-15-21-23(24(27)28-3)22(29-18(2)26)16-25(17,30-21)31(4,19-11-7-5-8-12-19)20-13-9-6-10-14-20/h5-14,17,21H,15-16H2,1-4H3/t17-,21+,25-/m0/s1. The summed E-state index contributed by atoms with van der Waals surface area (Å²) in [6.45, 7) is 5.87. The van der Waals surface area contributed by atoms with Crippen molar-refractivity contribution in [2.75, 3.05) is 7.11 Å². The van der Waals surface area contributed by atoms with Crippen molar-refractivity contribution in [2.45, 2.75) is 44.6 Å². The Morgan fingerprint density at radius 2 is 1.58 bits per heavy atom. The van der Waals surface area contributed by atoms with Gasteiger partial charge in [-0.15, -0.1) is 0 Å². The maximum absolute atomic E-state index is 12.6. The Bertz CT molecular complexity index is 977. The lowest BCUT2D eigenvalue weighted by Crippen LogP contribution is -2.74. The fraction of sp³-hybridized carbons (Fsp3) is 0.360. The van der Waals surface area contributed by atoms with Crippen LogP contribution in [0.1, 0.15) is 26.7 Å². The highest BCUT2D eigenvalue weighted by Crippen LogP contribution is 2.52. The van der Waals surface area contributed by atoms with Crippen molar-refractivity contribution in [2.24, 2.45) is 5.92 Å². The number of carbonyl (C=O) groups is 2. The highest BCUT2D eigenvalue weighted by atomic mass is 28.3. The maximum Gasteiger partial charge on any atom is 0.339 e. The fourth-order valence-corrected chi connectivity index (χ4v) is 10.5. The summed E-state index contributed by atoms with van der Waals surface area (Å²) in [7, 11) is -1.20. The van der Waals surface area contributed by atoms with Crippen molar-refractivity contribution in [3.63, 3.8) is 0 Å². The molecular weight excluding hydrogens is 408 g/mol. The van der Waals surface area contributed by atoms with Crippen LogP contribution in [0.5, 0.6) is 0 Å². The van der Waals surface area contributed by atoms with Gasteiger partial charge in [-0.25, -0.2) is 4.79 Å². The minimum Gasteiger partial charge on any atom is -0.465 e. The zero-order valence-corrected chi connectivity index (χ0v) is 19.4. The summed E-state index contributed by atoms with van der Waals surface area (Å²) in [4.78, 5) is 24.5. The monoisotopic (exact) mass is 436 g/mol. The van der Waals surface area contributed by atoms with E-state index < -0.39 is 31.3 Å². The smallest absolute Gasteiger partial charge is 0.339 e. The van der Waals surface area contributed by atoms with E-state index in [1.54, 1.807) is 0 Å². The van der Waals surface area contributed by atoms with Gasteiger partial charge < -0.3 is 14.2 Å². The number of rotatable bonds is 5. The Morgan fingerprint density at radius 3 is 2.06 bits per heavy atom. The summed E-state index contributed by atoms with van der Waals surface area (Å²) in [5, 5.41) is 1.93. The number of methoxy groups -OCH3 is 1. The molecule has 0 spiro atoms. The molecule has 2 heterocycles. The van der Waals surface area contributed by atoms with E-state index in [2.05, 4.69) is 62.0 Å². The quantitative estimate of drug-likeness (QED) is 0.533. The predicted octanol–water partition coefficient (Wildman–Crippen LogP) is 2.98. The van der Waals surface area contributed by atoms with E-state index in [-0.39, 0.29) is 5.92 Å². The molecule has 2 aromatic carbocycles. The van der Waals surface area contributed by atoms with Gasteiger partial charge in [0.2, 0.25) is 0 Å². The third-order valence-corrected chi connectivity index (χ3v) is 12.4. The number of fused-ring (bicyclic) bond motifs is 2. The third kappa shape index (κ3) is 3.34. The normalized spacial score (nSPS) is 25.3. The molecule has 1 fully saturated rings. The van der Waals surface area contributed by atoms with Gasteiger partial charge in [0.15, 0.2) is 8.07 Å². The van der Waals surface area contributed by atoms with Gasteiger partial charge in [0.25, 0.3) is 0 Å². The SMILES string of the molecule is COC(=O)C1=C(OC(C)=O)C[C@@]2([Si](C)(c3ccccc3)c3ccccc3)O[C@@H]1C[C@@H]2C. The summed E-state index contributed by atoms with van der Waals surface area (Å²) in [6, 6.07) is 20.9. The number of hydrogen-bond acceptors (Lipinski definition) is 5. The minimum absolute atomic E-state index is 0.155. The predicted molar refractivity (Wildman–Crippen MR) is 121 cm³/mol. The van der Waals surface area contributed by atoms with Crippen LogP contribution < -0.4 is 10.4 Å². The average Bonchev–Trinajstić information content (AvgIpc) is 3.05. The van der Waals surface area contributed by atoms with Crippen LogP contribution in [0.3, 0.4) is 0 Å². The molecule has 3 atom stereocenters. The molecule has 0 unspecified atom stereocenters. The van der Waals surface area contributed by atoms with Gasteiger partial charge in [-0.2, -0.15) is 0 Å². The Morgan fingerprint density at radius 1 is 1.03 bits per heavy atom. The average molecular weight is 437 g/mol. The van der Waals surface area contributed by atoms with Crippen molar-refractivity contribution in [1.29, 1.82) is 0 Å². The lowest BCUT2D eigenvalue weighted by atomic mass is 10.0. The van der Waals surface area contributed by atoms with Crippen LogP contribution in [0, 0.1) is 5.92 Å². The van der Waals surface area contributed by atoms with Crippen LogP contribution in [0.4, 0.5) is 0 Å². The number of hydrogen-bond donors (Lipinski definition) is 0. The highest BCUT2D eigenvalue weighted by Gasteiger charge is 2.64. The molecule has 2 aromatic rings. The zero-order chi connectivity index (χ0) is 22.2. The molecule has 6 heteroatoms. The number of esters is 2. The van der Waals surface area contributed by atoms with E-state index in [0.29, 0.717) is 24.2 Å². The molecule has 2 aliphatic heterocycles. The van der Waals surface area contributed by atoms with Crippen molar-refractivity contribution < 1.29 is 23.8 Å². The molecule has 0 radical (unpaired) electrons. The van der Waals surface area contributed by atoms with E-state index in [9.17, 15) is 9.59 Å². The van der Waals surface area contributed by atoms with E-state index >= 15 is 0 Å². The summed E-state index contributed by atoms with van der Waals surface area (Å²) in [5.74, 6) is -0.386. The van der Waals surface area contributed by atoms with E-state index in [1.165, 1.54) is 24.4 Å². The first kappa shape index (κ1) is 21.5. The van der Waals surface area contributed by atoms with Gasteiger partial charge in [0, 0.05) is 13.3 Å². The molecule has 0 N–H and O–H groups in total. The van der Waals surface area contributed by atoms with Gasteiger partial charge in [-0.05, 0) is 12.3 Å². The lowest BCUT2D eigenvalue weighted by molar-refractivity contribution is -0.142. The van der Waals surface area contributed by atoms with E-state index in [1.807, 2.05) is 12.1 Å². The topological polar surface area (TPSA) is 61.8 Å². The number of benzene rings is 2. The summed E-state index contributed by atoms with van der Waals surface area (Å²) in [5.41, 5.74) is 0.343. The Balaban J connectivity index is 1.94. The fourth-order valence-electron chi connectivity index (χ4n) is 5.44. The second kappa shape index (κ2) is 8.09. The molecule has 0 amide bonds. The van der Waals surface area contributed by atoms with Crippen molar-refractivity contribution >= 4 is 30.4 Å². The van der Waals surface area contributed by atoms with Crippen LogP contribution in [-0.4, -0.2) is 38.5 Å². The molecule has 2 aliphatic rings. The van der Waals surface area contributed by atoms with Gasteiger partial charge in [0.1, 0.15) is 11.3 Å². The maximum atomic E-state index is 12.6. The van der Waals surface area contributed by atoms with Crippen molar-refractivity contribution in [3.8, 4) is 0 Å². The second-order valence-corrected chi connectivity index (χ2v) is 12.8. The Hall–Kier alpha value is -2.70. The van der Waals surface area contributed by atoms with Crippen LogP contribution in [0.25, 0.3) is 0 Å². The minimum atomic E-state index is -2.54. The molecule has 0 saturated carbocycles. The molecular formula is C25H28O5Si. The molecule has 1 saturated heterocycles. The highest BCUT2D eigenvalue weighted by molar-refractivity contribution is 7.03. The molecule has 162 valence electrons. The van der Waals surface area contributed by atoms with Gasteiger partial charge in [0.05, 0.1) is 18.4 Å². The van der Waals surface area contributed by atoms with Crippen LogP contribution in [0.2, 0.25) is 6.55 Å². The molecule has 0 aliphatic carbocycles. The third-order valence-electron chi connectivity index (χ3n) is 6.98. The zero-order valence-electron chi connectivity index (χ0n) is 18.4. The van der Waals surface area contributed by atoms with Crippen LogP contribution >= 0.6 is 0 Å². The number of carbonyl (C=O) groups excluding carboxylic acids is 2. The lowest BCUT2D eigenvalue weighted by Gasteiger charge is -2.49. The van der Waals surface area contributed by atoms with Crippen molar-refractivity contribution in [1.82, 2.24) is 0 Å². The molecule has 2 bridgehead atoms. The van der Waals surface area contributed by atoms with Gasteiger partial charge in [-0.3, -0.25) is 4.79 Å². The molecule has 4 rings (SSSR count). The van der Waals surface area contributed by atoms with Crippen LogP contribution in [0.15, 0.2) is 72.0 Å². The van der Waals surface area contributed by atoms with Crippen LogP contribution in [-0.2, 0) is 23.8 Å².